The van der Waals surface area contributed by atoms with Crippen LogP contribution in [-0.2, 0) is 4.79 Å². The minimum atomic E-state index is -0.685. The van der Waals surface area contributed by atoms with E-state index in [-0.39, 0.29) is 5.41 Å². The Bertz CT molecular complexity index is 589. The Balaban J connectivity index is 1.74. The van der Waals surface area contributed by atoms with Crippen LogP contribution in [0.25, 0.3) is 10.1 Å². The number of carboxylic acids is 1. The number of nitrogens with zero attached hydrogens (tertiary/aromatic N) is 1. The van der Waals surface area contributed by atoms with Gasteiger partial charge in [0, 0.05) is 22.0 Å². The molecule has 0 saturated heterocycles. The molecule has 0 atom stereocenters. The smallest absolute Gasteiger partial charge is 0.303 e. The van der Waals surface area contributed by atoms with E-state index in [4.69, 9.17) is 5.11 Å². The third-order valence-electron chi connectivity index (χ3n) is 3.34. The van der Waals surface area contributed by atoms with Crippen molar-refractivity contribution >= 4 is 39.2 Å². The first-order chi connectivity index (χ1) is 8.69. The van der Waals surface area contributed by atoms with Gasteiger partial charge in [0.25, 0.3) is 0 Å². The van der Waals surface area contributed by atoms with Gasteiger partial charge in [0.15, 0.2) is 0 Å². The molecule has 1 fully saturated rings. The predicted molar refractivity (Wildman–Crippen MR) is 74.3 cm³/mol. The van der Waals surface area contributed by atoms with Crippen LogP contribution in [0.5, 0.6) is 0 Å². The van der Waals surface area contributed by atoms with Crippen molar-refractivity contribution in [2.75, 3.05) is 5.75 Å². The number of thiophene rings is 1. The average Bonchev–Trinajstić information content (AvgIpc) is 2.91. The van der Waals surface area contributed by atoms with E-state index in [1.165, 1.54) is 10.1 Å². The second-order valence-electron chi connectivity index (χ2n) is 4.81. The Morgan fingerprint density at radius 2 is 2.33 bits per heavy atom. The maximum atomic E-state index is 10.8. The molecule has 94 valence electrons. The number of aromatic nitrogens is 1. The second kappa shape index (κ2) is 4.55. The molecule has 3 nitrogen and oxygen atoms in total. The van der Waals surface area contributed by atoms with Crippen molar-refractivity contribution < 1.29 is 9.90 Å². The van der Waals surface area contributed by atoms with Gasteiger partial charge in [-0.2, -0.15) is 0 Å². The lowest BCUT2D eigenvalue weighted by Crippen LogP contribution is -2.11. The van der Waals surface area contributed by atoms with Crippen LogP contribution in [0.2, 0.25) is 0 Å². The molecule has 1 N–H and O–H groups in total. The summed E-state index contributed by atoms with van der Waals surface area (Å²) in [5, 5.41) is 13.2. The van der Waals surface area contributed by atoms with Gasteiger partial charge in [-0.25, -0.2) is 4.98 Å². The van der Waals surface area contributed by atoms with Gasteiger partial charge in [-0.1, -0.05) is 0 Å². The van der Waals surface area contributed by atoms with E-state index in [0.29, 0.717) is 6.42 Å². The highest BCUT2D eigenvalue weighted by atomic mass is 32.2. The summed E-state index contributed by atoms with van der Waals surface area (Å²) in [6.07, 6.45) is 4.19. The first kappa shape index (κ1) is 12.0. The summed E-state index contributed by atoms with van der Waals surface area (Å²) in [6.45, 7) is 0. The van der Waals surface area contributed by atoms with Crippen molar-refractivity contribution in [1.29, 1.82) is 0 Å². The Hall–Kier alpha value is -1.07. The molecule has 0 bridgehead atoms. The predicted octanol–water partition coefficient (Wildman–Crippen LogP) is 3.64. The summed E-state index contributed by atoms with van der Waals surface area (Å²) < 4.78 is 1.25. The molecule has 0 aromatic carbocycles. The Morgan fingerprint density at radius 3 is 3.06 bits per heavy atom. The first-order valence-electron chi connectivity index (χ1n) is 5.85. The maximum absolute atomic E-state index is 10.8. The van der Waals surface area contributed by atoms with E-state index in [1.54, 1.807) is 23.1 Å². The Kier molecular flexibility index (Phi) is 3.03. The zero-order chi connectivity index (χ0) is 12.6. The second-order valence-corrected chi connectivity index (χ2v) is 6.72. The van der Waals surface area contributed by atoms with Gasteiger partial charge in [0.2, 0.25) is 0 Å². The van der Waals surface area contributed by atoms with Crippen LogP contribution in [-0.4, -0.2) is 21.8 Å². The number of carboxylic acid groups (broad SMARTS) is 1. The molecule has 0 unspecified atom stereocenters. The highest BCUT2D eigenvalue weighted by Gasteiger charge is 2.44. The molecule has 0 radical (unpaired) electrons. The molecule has 1 aliphatic rings. The van der Waals surface area contributed by atoms with Crippen molar-refractivity contribution in [1.82, 2.24) is 4.98 Å². The number of fused-ring (bicyclic) bond motifs is 1. The zero-order valence-corrected chi connectivity index (χ0v) is 11.4. The van der Waals surface area contributed by atoms with Crippen molar-refractivity contribution in [3.8, 4) is 0 Å². The summed E-state index contributed by atoms with van der Waals surface area (Å²) in [4.78, 5) is 15.2. The van der Waals surface area contributed by atoms with Gasteiger partial charge in [0.1, 0.15) is 5.03 Å². The van der Waals surface area contributed by atoms with Crippen molar-refractivity contribution in [3.05, 3.63) is 23.7 Å². The van der Waals surface area contributed by atoms with Crippen LogP contribution in [0, 0.1) is 5.41 Å². The van der Waals surface area contributed by atoms with E-state index in [9.17, 15) is 4.79 Å². The molecule has 18 heavy (non-hydrogen) atoms. The summed E-state index contributed by atoms with van der Waals surface area (Å²) in [7, 11) is 0. The fraction of sp³-hybridized carbons (Fsp3) is 0.385. The Labute approximate surface area is 113 Å². The van der Waals surface area contributed by atoms with Gasteiger partial charge < -0.3 is 5.11 Å². The van der Waals surface area contributed by atoms with Crippen LogP contribution >= 0.6 is 23.1 Å². The quantitative estimate of drug-likeness (QED) is 0.849. The number of thioether (sulfide) groups is 1. The summed E-state index contributed by atoms with van der Waals surface area (Å²) in [5.74, 6) is 0.177. The molecule has 1 aliphatic carbocycles. The molecule has 3 rings (SSSR count). The van der Waals surface area contributed by atoms with E-state index in [0.717, 1.165) is 23.6 Å². The standard InChI is InChI=1S/C13H13NO2S2/c15-11(16)7-13(3-4-13)8-18-12-9-2-6-17-10(9)1-5-14-12/h1-2,5-6H,3-4,7-8H2,(H,15,16). The van der Waals surface area contributed by atoms with Crippen LogP contribution in [0.3, 0.4) is 0 Å². The van der Waals surface area contributed by atoms with Crippen LogP contribution in [0.1, 0.15) is 19.3 Å². The first-order valence-corrected chi connectivity index (χ1v) is 7.72. The molecule has 2 heterocycles. The van der Waals surface area contributed by atoms with Gasteiger partial charge in [-0.3, -0.25) is 4.79 Å². The third kappa shape index (κ3) is 2.37. The minimum Gasteiger partial charge on any atom is -0.481 e. The molecule has 0 spiro atoms. The molecular weight excluding hydrogens is 266 g/mol. The molecule has 1 saturated carbocycles. The normalized spacial score (nSPS) is 16.9. The number of pyridine rings is 1. The van der Waals surface area contributed by atoms with E-state index in [1.807, 2.05) is 12.3 Å². The fourth-order valence-electron chi connectivity index (χ4n) is 2.08. The monoisotopic (exact) mass is 279 g/mol. The molecule has 0 aliphatic heterocycles. The lowest BCUT2D eigenvalue weighted by molar-refractivity contribution is -0.138. The van der Waals surface area contributed by atoms with E-state index in [2.05, 4.69) is 16.4 Å². The molecule has 0 amide bonds. The number of rotatable bonds is 5. The van der Waals surface area contributed by atoms with Crippen molar-refractivity contribution in [2.24, 2.45) is 5.41 Å². The summed E-state index contributed by atoms with van der Waals surface area (Å²) in [5.41, 5.74) is 0.0242. The van der Waals surface area contributed by atoms with Gasteiger partial charge in [-0.15, -0.1) is 23.1 Å². The number of carbonyl (C=O) groups is 1. The summed E-state index contributed by atoms with van der Waals surface area (Å²) in [6, 6.07) is 4.11. The highest BCUT2D eigenvalue weighted by molar-refractivity contribution is 7.99. The molecule has 2 aromatic rings. The molecule has 2 aromatic heterocycles. The van der Waals surface area contributed by atoms with Gasteiger partial charge in [-0.05, 0) is 35.8 Å². The van der Waals surface area contributed by atoms with E-state index < -0.39 is 5.97 Å². The topological polar surface area (TPSA) is 50.2 Å². The van der Waals surface area contributed by atoms with E-state index >= 15 is 0 Å². The highest BCUT2D eigenvalue weighted by Crippen LogP contribution is 2.52. The van der Waals surface area contributed by atoms with Gasteiger partial charge >= 0.3 is 5.97 Å². The molecule has 5 heteroatoms. The zero-order valence-electron chi connectivity index (χ0n) is 9.76. The van der Waals surface area contributed by atoms with Crippen LogP contribution < -0.4 is 0 Å². The number of aliphatic carboxylic acids is 1. The minimum absolute atomic E-state index is 0.0242. The summed E-state index contributed by atoms with van der Waals surface area (Å²) >= 11 is 3.41. The van der Waals surface area contributed by atoms with Crippen molar-refractivity contribution in [2.45, 2.75) is 24.3 Å². The van der Waals surface area contributed by atoms with Crippen LogP contribution in [0.4, 0.5) is 0 Å². The average molecular weight is 279 g/mol. The lowest BCUT2D eigenvalue weighted by Gasteiger charge is -2.11. The SMILES string of the molecule is O=C(O)CC1(CSc2nccc3sccc23)CC1. The maximum Gasteiger partial charge on any atom is 0.303 e. The lowest BCUT2D eigenvalue weighted by atomic mass is 10.1. The molecular formula is C13H13NO2S2. The Morgan fingerprint density at radius 1 is 1.50 bits per heavy atom. The van der Waals surface area contributed by atoms with Gasteiger partial charge in [0.05, 0.1) is 6.42 Å². The number of hydrogen-bond acceptors (Lipinski definition) is 4. The van der Waals surface area contributed by atoms with Crippen LogP contribution in [0.15, 0.2) is 28.7 Å². The fourth-order valence-corrected chi connectivity index (χ4v) is 4.22. The third-order valence-corrected chi connectivity index (χ3v) is 5.58. The number of hydrogen-bond donors (Lipinski definition) is 1. The van der Waals surface area contributed by atoms with Crippen molar-refractivity contribution in [3.63, 3.8) is 0 Å². The largest absolute Gasteiger partial charge is 0.481 e.